The lowest BCUT2D eigenvalue weighted by molar-refractivity contribution is -0.119. The molecule has 8 nitrogen and oxygen atoms in total. The van der Waals surface area contributed by atoms with Crippen molar-refractivity contribution in [3.05, 3.63) is 78.5 Å². The number of carbonyl (C=O) groups is 3. The number of benzene rings is 2. The Balaban J connectivity index is 1.44. The molecule has 4 amide bonds. The van der Waals surface area contributed by atoms with Gasteiger partial charge in [-0.15, -0.1) is 0 Å². The quantitative estimate of drug-likeness (QED) is 0.336. The molecule has 1 aliphatic heterocycles. The topological polar surface area (TPSA) is 91.8 Å². The highest BCUT2D eigenvalue weighted by atomic mass is 32.2. The Morgan fingerprint density at radius 2 is 1.78 bits per heavy atom. The molecule has 0 radical (unpaired) electrons. The van der Waals surface area contributed by atoms with Crippen LogP contribution in [0.5, 0.6) is 5.75 Å². The molecule has 1 fully saturated rings. The zero-order valence-corrected chi connectivity index (χ0v) is 19.5. The average Bonchev–Trinajstić information content (AvgIpc) is 3.02. The second-order valence-electron chi connectivity index (χ2n) is 7.68. The second kappa shape index (κ2) is 10.3. The Kier molecular flexibility index (Phi) is 7.15. The van der Waals surface area contributed by atoms with Crippen molar-refractivity contribution < 1.29 is 32.3 Å². The molecule has 1 N–H and O–H groups in total. The van der Waals surface area contributed by atoms with Crippen molar-refractivity contribution in [2.75, 3.05) is 10.2 Å². The summed E-state index contributed by atoms with van der Waals surface area (Å²) in [7, 11) is 0. The Hall–Kier alpha value is -4.06. The highest BCUT2D eigenvalue weighted by Crippen LogP contribution is 2.38. The molecular formula is C24H19F3N4O4S. The van der Waals surface area contributed by atoms with E-state index in [0.717, 1.165) is 4.90 Å². The van der Waals surface area contributed by atoms with Gasteiger partial charge in [0.05, 0.1) is 5.69 Å². The van der Waals surface area contributed by atoms with Gasteiger partial charge in [-0.25, -0.2) is 19.5 Å². The normalized spacial score (nSPS) is 15.8. The highest BCUT2D eigenvalue weighted by Gasteiger charge is 2.43. The van der Waals surface area contributed by atoms with E-state index in [9.17, 15) is 27.6 Å². The van der Waals surface area contributed by atoms with Gasteiger partial charge in [-0.05, 0) is 72.8 Å². The number of imide groups is 1. The maximum absolute atomic E-state index is 13.1. The third-order valence-corrected chi connectivity index (χ3v) is 5.91. The lowest BCUT2D eigenvalue weighted by atomic mass is 10.2. The Morgan fingerprint density at radius 1 is 1.08 bits per heavy atom. The third-order valence-electron chi connectivity index (χ3n) is 5.17. The fourth-order valence-electron chi connectivity index (χ4n) is 3.51. The first-order valence-corrected chi connectivity index (χ1v) is 11.4. The predicted octanol–water partition coefficient (Wildman–Crippen LogP) is 5.66. The van der Waals surface area contributed by atoms with Crippen LogP contribution < -0.4 is 15.0 Å². The summed E-state index contributed by atoms with van der Waals surface area (Å²) < 4.78 is 42.9. The number of halogens is 3. The van der Waals surface area contributed by atoms with Crippen molar-refractivity contribution in [1.82, 2.24) is 9.88 Å². The van der Waals surface area contributed by atoms with Gasteiger partial charge in [0.1, 0.15) is 17.6 Å². The Morgan fingerprint density at radius 3 is 2.44 bits per heavy atom. The fourth-order valence-corrected chi connectivity index (χ4v) is 4.05. The van der Waals surface area contributed by atoms with Crippen molar-refractivity contribution in [3.8, 4) is 5.75 Å². The van der Waals surface area contributed by atoms with Gasteiger partial charge < -0.3 is 9.64 Å². The van der Waals surface area contributed by atoms with E-state index in [0.29, 0.717) is 11.3 Å². The summed E-state index contributed by atoms with van der Waals surface area (Å²) in [5, 5.41) is 2.51. The largest absolute Gasteiger partial charge is 0.446 e. The highest BCUT2D eigenvalue weighted by molar-refractivity contribution is 8.00. The molecule has 2 heterocycles. The first-order chi connectivity index (χ1) is 17.1. The number of carbonyl (C=O) groups excluding carboxylic acids is 3. The lowest BCUT2D eigenvalue weighted by Gasteiger charge is -2.19. The van der Waals surface area contributed by atoms with E-state index >= 15 is 0 Å². The number of nitrogens with one attached hydrogen (secondary N) is 1. The van der Waals surface area contributed by atoms with Crippen LogP contribution in [0.1, 0.15) is 12.5 Å². The van der Waals surface area contributed by atoms with Crippen LogP contribution in [0.15, 0.2) is 77.8 Å². The maximum Gasteiger partial charge on any atom is 0.446 e. The summed E-state index contributed by atoms with van der Waals surface area (Å²) in [5.41, 5.74) is -3.68. The molecule has 3 aromatic rings. The van der Waals surface area contributed by atoms with Crippen molar-refractivity contribution in [2.24, 2.45) is 0 Å². The minimum absolute atomic E-state index is 0.0369. The number of rotatable bonds is 6. The molecule has 0 aliphatic carbocycles. The van der Waals surface area contributed by atoms with Gasteiger partial charge in [-0.1, -0.05) is 18.2 Å². The van der Waals surface area contributed by atoms with E-state index in [1.54, 1.807) is 49.4 Å². The number of para-hydroxylation sites is 1. The number of hydrogen-bond acceptors (Lipinski definition) is 6. The van der Waals surface area contributed by atoms with Crippen LogP contribution in [0, 0.1) is 0 Å². The molecule has 36 heavy (non-hydrogen) atoms. The van der Waals surface area contributed by atoms with Crippen molar-refractivity contribution in [3.63, 3.8) is 0 Å². The van der Waals surface area contributed by atoms with E-state index in [-0.39, 0.29) is 34.7 Å². The summed E-state index contributed by atoms with van der Waals surface area (Å²) in [6, 6.07) is 15.2. The van der Waals surface area contributed by atoms with Crippen molar-refractivity contribution in [1.29, 1.82) is 0 Å². The maximum atomic E-state index is 13.1. The van der Waals surface area contributed by atoms with Crippen LogP contribution in [0.25, 0.3) is 0 Å². The van der Waals surface area contributed by atoms with Crippen LogP contribution in [-0.4, -0.2) is 39.5 Å². The summed E-state index contributed by atoms with van der Waals surface area (Å²) in [6.07, 6.45) is 0.694. The number of urea groups is 1. The molecule has 4 rings (SSSR count). The van der Waals surface area contributed by atoms with Crippen molar-refractivity contribution >= 4 is 41.3 Å². The molecular weight excluding hydrogens is 497 g/mol. The number of hydrogen-bond donors (Lipinski definition) is 1. The minimum Gasteiger partial charge on any atom is -0.410 e. The van der Waals surface area contributed by atoms with Gasteiger partial charge in [-0.2, -0.15) is 13.2 Å². The SMILES string of the molecule is CC1C(=O)N(c2ccc(SC(F)(F)F)cc2)C(=O)N1Cc1ccnc(NC(=O)Oc2ccccc2)c1. The summed E-state index contributed by atoms with van der Waals surface area (Å²) in [4.78, 5) is 44.3. The molecule has 1 atom stereocenters. The van der Waals surface area contributed by atoms with Crippen LogP contribution >= 0.6 is 11.8 Å². The first-order valence-electron chi connectivity index (χ1n) is 10.6. The van der Waals surface area contributed by atoms with Crippen molar-refractivity contribution in [2.45, 2.75) is 29.9 Å². The first kappa shape index (κ1) is 25.0. The molecule has 12 heteroatoms. The number of pyridine rings is 1. The number of ether oxygens (including phenoxy) is 1. The molecule has 1 aromatic heterocycles. The molecule has 0 saturated carbocycles. The zero-order chi connectivity index (χ0) is 25.9. The second-order valence-corrected chi connectivity index (χ2v) is 8.82. The molecule has 186 valence electrons. The van der Waals surface area contributed by atoms with E-state index in [1.165, 1.54) is 35.4 Å². The van der Waals surface area contributed by atoms with E-state index in [1.807, 2.05) is 0 Å². The van der Waals surface area contributed by atoms with Gasteiger partial charge >= 0.3 is 17.6 Å². The van der Waals surface area contributed by atoms with E-state index in [4.69, 9.17) is 4.74 Å². The summed E-state index contributed by atoms with van der Waals surface area (Å²) in [6.45, 7) is 1.60. The standard InChI is InChI=1S/C24H19F3N4O4S/c1-15-21(32)31(17-7-9-19(10-8-17)36-24(25,26)27)23(34)30(15)14-16-11-12-28-20(13-16)29-22(33)35-18-5-3-2-4-6-18/h2-13,15H,14H2,1H3,(H,28,29,33). The zero-order valence-electron chi connectivity index (χ0n) is 18.7. The van der Waals surface area contributed by atoms with Gasteiger partial charge in [0, 0.05) is 17.6 Å². The van der Waals surface area contributed by atoms with Crippen LogP contribution in [0.4, 0.5) is 34.3 Å². The molecule has 1 saturated heterocycles. The monoisotopic (exact) mass is 516 g/mol. The molecule has 1 aliphatic rings. The molecule has 2 aromatic carbocycles. The number of anilines is 2. The Bertz CT molecular complexity index is 1270. The molecule has 1 unspecified atom stereocenters. The predicted molar refractivity (Wildman–Crippen MR) is 127 cm³/mol. The van der Waals surface area contributed by atoms with Crippen LogP contribution in [0.3, 0.4) is 0 Å². The van der Waals surface area contributed by atoms with E-state index in [2.05, 4.69) is 10.3 Å². The summed E-state index contributed by atoms with van der Waals surface area (Å²) in [5.74, 6) is 0.0370. The fraction of sp³-hybridized carbons (Fsp3) is 0.167. The molecule has 0 spiro atoms. The van der Waals surface area contributed by atoms with Crippen LogP contribution in [-0.2, 0) is 11.3 Å². The summed E-state index contributed by atoms with van der Waals surface area (Å²) >= 11 is -0.281. The van der Waals surface area contributed by atoms with Gasteiger partial charge in [-0.3, -0.25) is 10.1 Å². The number of nitrogens with zero attached hydrogens (tertiary/aromatic N) is 3. The third kappa shape index (κ3) is 5.95. The minimum atomic E-state index is -4.44. The average molecular weight is 517 g/mol. The van der Waals surface area contributed by atoms with Gasteiger partial charge in [0.15, 0.2) is 0 Å². The number of amides is 4. The van der Waals surface area contributed by atoms with Gasteiger partial charge in [0.2, 0.25) is 0 Å². The van der Waals surface area contributed by atoms with E-state index < -0.39 is 29.6 Å². The smallest absolute Gasteiger partial charge is 0.410 e. The lowest BCUT2D eigenvalue weighted by Crippen LogP contribution is -2.33. The number of thioether (sulfide) groups is 1. The Labute approximate surface area is 208 Å². The van der Waals surface area contributed by atoms with Gasteiger partial charge in [0.25, 0.3) is 5.91 Å². The number of alkyl halides is 3. The molecule has 0 bridgehead atoms. The number of aromatic nitrogens is 1. The van der Waals surface area contributed by atoms with Crippen LogP contribution in [0.2, 0.25) is 0 Å².